The molecule has 1 aromatic heterocycles. The van der Waals surface area contributed by atoms with Gasteiger partial charge in [0.15, 0.2) is 0 Å². The minimum absolute atomic E-state index is 0.0957. The van der Waals surface area contributed by atoms with E-state index in [2.05, 4.69) is 20.8 Å². The van der Waals surface area contributed by atoms with Crippen LogP contribution in [0.2, 0.25) is 0 Å². The van der Waals surface area contributed by atoms with E-state index in [1.807, 2.05) is 24.3 Å². The summed E-state index contributed by atoms with van der Waals surface area (Å²) in [7, 11) is 0. The number of aromatic nitrogens is 2. The average Bonchev–Trinajstić information content (AvgIpc) is 3.23. The molecule has 1 saturated heterocycles. The average molecular weight is 364 g/mol. The van der Waals surface area contributed by atoms with Crippen LogP contribution in [0.4, 0.5) is 0 Å². The van der Waals surface area contributed by atoms with Crippen LogP contribution in [0.1, 0.15) is 18.4 Å². The summed E-state index contributed by atoms with van der Waals surface area (Å²) in [6.45, 7) is 1.48. The Kier molecular flexibility index (Phi) is 3.93. The maximum absolute atomic E-state index is 12.1. The number of hydrogen-bond acceptors (Lipinski definition) is 6. The van der Waals surface area contributed by atoms with Gasteiger partial charge >= 0.3 is 0 Å². The standard InChI is InChI=1S/C20H20N4O3/c25-19-12-3-1-5-16-17(12)18(23-24-19)13-9-11(6-7-15(13)27-16)10-22-20(26)14-4-2-8-21-14/h1,3,5-7,9,14,20-22,26H,2,4,8,10H2,(H,24,25). The van der Waals surface area contributed by atoms with Crippen LogP contribution in [-0.2, 0) is 6.54 Å². The van der Waals surface area contributed by atoms with Crippen LogP contribution in [0.5, 0.6) is 11.5 Å². The van der Waals surface area contributed by atoms with Crippen LogP contribution in [0.15, 0.2) is 41.2 Å². The Labute approximate surface area is 155 Å². The third-order valence-electron chi connectivity index (χ3n) is 5.29. The van der Waals surface area contributed by atoms with E-state index >= 15 is 0 Å². The molecule has 0 saturated carbocycles. The van der Waals surface area contributed by atoms with Crippen LogP contribution < -0.4 is 20.9 Å². The third-order valence-corrected chi connectivity index (χ3v) is 5.29. The van der Waals surface area contributed by atoms with Crippen molar-refractivity contribution in [2.24, 2.45) is 0 Å². The highest BCUT2D eigenvalue weighted by Crippen LogP contribution is 2.44. The first-order chi connectivity index (χ1) is 13.2. The lowest BCUT2D eigenvalue weighted by Gasteiger charge is -2.22. The minimum Gasteiger partial charge on any atom is -0.456 e. The summed E-state index contributed by atoms with van der Waals surface area (Å²) >= 11 is 0. The number of benzene rings is 2. The molecule has 4 N–H and O–H groups in total. The lowest BCUT2D eigenvalue weighted by molar-refractivity contribution is 0.0993. The van der Waals surface area contributed by atoms with Gasteiger partial charge in [-0.05, 0) is 49.2 Å². The zero-order valence-corrected chi connectivity index (χ0v) is 14.7. The van der Waals surface area contributed by atoms with E-state index in [0.29, 0.717) is 29.1 Å². The number of aromatic amines is 1. The molecule has 7 nitrogen and oxygen atoms in total. The van der Waals surface area contributed by atoms with Crippen molar-refractivity contribution in [3.8, 4) is 22.8 Å². The molecular formula is C20H20N4O3. The van der Waals surface area contributed by atoms with Gasteiger partial charge < -0.3 is 15.2 Å². The molecule has 2 unspecified atom stereocenters. The number of nitrogens with one attached hydrogen (secondary N) is 3. The Morgan fingerprint density at radius 3 is 3.07 bits per heavy atom. The second kappa shape index (κ2) is 6.45. The van der Waals surface area contributed by atoms with Crippen LogP contribution in [0.3, 0.4) is 0 Å². The second-order valence-corrected chi connectivity index (χ2v) is 7.04. The lowest BCUT2D eigenvalue weighted by Crippen LogP contribution is -2.44. The topological polar surface area (TPSA) is 99.3 Å². The van der Waals surface area contributed by atoms with E-state index in [1.165, 1.54) is 0 Å². The molecule has 3 heterocycles. The van der Waals surface area contributed by atoms with E-state index in [0.717, 1.165) is 35.9 Å². The van der Waals surface area contributed by atoms with Gasteiger partial charge in [-0.3, -0.25) is 10.1 Å². The fraction of sp³-hybridized carbons (Fsp3) is 0.300. The molecule has 0 amide bonds. The van der Waals surface area contributed by atoms with Crippen molar-refractivity contribution in [3.05, 3.63) is 52.3 Å². The van der Waals surface area contributed by atoms with Crippen LogP contribution in [-0.4, -0.2) is 34.1 Å². The first-order valence-electron chi connectivity index (χ1n) is 9.18. The van der Waals surface area contributed by atoms with Gasteiger partial charge in [-0.25, -0.2) is 5.10 Å². The van der Waals surface area contributed by atoms with E-state index in [-0.39, 0.29) is 11.6 Å². The monoisotopic (exact) mass is 364 g/mol. The molecule has 1 fully saturated rings. The lowest BCUT2D eigenvalue weighted by atomic mass is 9.99. The summed E-state index contributed by atoms with van der Waals surface area (Å²) in [5.41, 5.74) is 2.33. The molecule has 0 radical (unpaired) electrons. The van der Waals surface area contributed by atoms with E-state index in [4.69, 9.17) is 4.74 Å². The number of ether oxygens (including phenoxy) is 1. The first kappa shape index (κ1) is 16.4. The Hall–Kier alpha value is -2.74. The predicted molar refractivity (Wildman–Crippen MR) is 102 cm³/mol. The quantitative estimate of drug-likeness (QED) is 0.413. The molecule has 7 heteroatoms. The number of fused-ring (bicyclic) bond motifs is 2. The van der Waals surface area contributed by atoms with Crippen molar-refractivity contribution in [3.63, 3.8) is 0 Å². The van der Waals surface area contributed by atoms with Crippen molar-refractivity contribution in [2.45, 2.75) is 31.7 Å². The van der Waals surface area contributed by atoms with Gasteiger partial charge in [-0.1, -0.05) is 12.1 Å². The summed E-state index contributed by atoms with van der Waals surface area (Å²) in [5, 5.41) is 24.9. The molecule has 2 aromatic carbocycles. The van der Waals surface area contributed by atoms with E-state index < -0.39 is 6.23 Å². The number of aliphatic hydroxyl groups is 1. The summed E-state index contributed by atoms with van der Waals surface area (Å²) in [6, 6.07) is 11.4. The van der Waals surface area contributed by atoms with Crippen molar-refractivity contribution >= 4 is 10.8 Å². The van der Waals surface area contributed by atoms with Gasteiger partial charge in [0.05, 0.1) is 10.8 Å². The maximum atomic E-state index is 12.1. The Bertz CT molecular complexity index is 1070. The Morgan fingerprint density at radius 2 is 2.22 bits per heavy atom. The summed E-state index contributed by atoms with van der Waals surface area (Å²) in [6.07, 6.45) is 1.48. The minimum atomic E-state index is -0.585. The van der Waals surface area contributed by atoms with Gasteiger partial charge in [-0.15, -0.1) is 0 Å². The molecule has 2 aliphatic rings. The van der Waals surface area contributed by atoms with Gasteiger partial charge in [0, 0.05) is 18.2 Å². The first-order valence-corrected chi connectivity index (χ1v) is 9.18. The van der Waals surface area contributed by atoms with Gasteiger partial charge in [0.2, 0.25) is 0 Å². The predicted octanol–water partition coefficient (Wildman–Crippen LogP) is 1.86. The number of rotatable bonds is 4. The fourth-order valence-electron chi connectivity index (χ4n) is 3.89. The Morgan fingerprint density at radius 1 is 1.30 bits per heavy atom. The molecule has 27 heavy (non-hydrogen) atoms. The summed E-state index contributed by atoms with van der Waals surface area (Å²) in [4.78, 5) is 12.1. The second-order valence-electron chi connectivity index (χ2n) is 7.04. The molecule has 2 aliphatic heterocycles. The largest absolute Gasteiger partial charge is 0.456 e. The van der Waals surface area contributed by atoms with Crippen LogP contribution in [0, 0.1) is 0 Å². The van der Waals surface area contributed by atoms with E-state index in [9.17, 15) is 9.90 Å². The molecule has 5 rings (SSSR count). The number of aliphatic hydroxyl groups excluding tert-OH is 1. The summed E-state index contributed by atoms with van der Waals surface area (Å²) < 4.78 is 5.99. The molecule has 3 aromatic rings. The smallest absolute Gasteiger partial charge is 0.272 e. The van der Waals surface area contributed by atoms with Crippen molar-refractivity contribution in [1.82, 2.24) is 20.8 Å². The Balaban J connectivity index is 1.48. The SMILES string of the molecule is O=c1[nH]nc2c3c(cccc13)Oc1ccc(CNC(O)C3CCCN3)cc1-2. The molecule has 0 bridgehead atoms. The van der Waals surface area contributed by atoms with Crippen molar-refractivity contribution in [2.75, 3.05) is 6.54 Å². The third kappa shape index (κ3) is 2.80. The number of hydrogen-bond donors (Lipinski definition) is 4. The molecule has 0 aliphatic carbocycles. The highest BCUT2D eigenvalue weighted by molar-refractivity contribution is 6.01. The molecular weight excluding hydrogens is 344 g/mol. The van der Waals surface area contributed by atoms with Crippen LogP contribution >= 0.6 is 0 Å². The molecule has 138 valence electrons. The zero-order chi connectivity index (χ0) is 18.4. The van der Waals surface area contributed by atoms with Crippen molar-refractivity contribution < 1.29 is 9.84 Å². The summed E-state index contributed by atoms with van der Waals surface area (Å²) in [5.74, 6) is 1.35. The molecule has 0 spiro atoms. The number of H-pyrrole nitrogens is 1. The van der Waals surface area contributed by atoms with Gasteiger partial charge in [0.1, 0.15) is 23.4 Å². The van der Waals surface area contributed by atoms with Gasteiger partial charge in [0.25, 0.3) is 5.56 Å². The number of nitrogens with zero attached hydrogens (tertiary/aromatic N) is 1. The maximum Gasteiger partial charge on any atom is 0.272 e. The van der Waals surface area contributed by atoms with Gasteiger partial charge in [-0.2, -0.15) is 5.10 Å². The highest BCUT2D eigenvalue weighted by Gasteiger charge is 2.24. The van der Waals surface area contributed by atoms with Crippen molar-refractivity contribution in [1.29, 1.82) is 0 Å². The van der Waals surface area contributed by atoms with Crippen LogP contribution in [0.25, 0.3) is 22.0 Å². The highest BCUT2D eigenvalue weighted by atomic mass is 16.5. The molecule has 2 atom stereocenters. The normalized spacial score (nSPS) is 18.9. The zero-order valence-electron chi connectivity index (χ0n) is 14.7. The fourth-order valence-corrected chi connectivity index (χ4v) is 3.89. The van der Waals surface area contributed by atoms with E-state index in [1.54, 1.807) is 12.1 Å².